The molecule has 1 N–H and O–H groups in total. The van der Waals surface area contributed by atoms with Crippen molar-refractivity contribution in [3.8, 4) is 0 Å². The summed E-state index contributed by atoms with van der Waals surface area (Å²) in [4.78, 5) is 12.4. The van der Waals surface area contributed by atoms with Gasteiger partial charge in [-0.2, -0.15) is 0 Å². The molecular weight excluding hydrogens is 366 g/mol. The molecule has 0 heterocycles. The van der Waals surface area contributed by atoms with Crippen LogP contribution in [-0.4, -0.2) is 5.78 Å². The number of Topliss-reactive ketones (excluding diaryl/α,β-unsaturated/α-hetero) is 1. The molecule has 0 aliphatic heterocycles. The van der Waals surface area contributed by atoms with Crippen molar-refractivity contribution in [2.75, 3.05) is 5.32 Å². The van der Waals surface area contributed by atoms with E-state index in [1.807, 2.05) is 114 Å². The molecule has 0 spiro atoms. The minimum Gasteiger partial charge on any atom is -0.381 e. The number of hydrogen-bond acceptors (Lipinski definition) is 2. The van der Waals surface area contributed by atoms with Gasteiger partial charge in [-0.15, -0.1) is 0 Å². The molecule has 3 aromatic rings. The van der Waals surface area contributed by atoms with Crippen LogP contribution in [0.25, 0.3) is 0 Å². The van der Waals surface area contributed by atoms with Crippen molar-refractivity contribution in [2.45, 2.75) is 60.9 Å². The molecule has 162 valence electrons. The van der Waals surface area contributed by atoms with E-state index in [-0.39, 0.29) is 5.78 Å². The van der Waals surface area contributed by atoms with E-state index in [4.69, 9.17) is 0 Å². The Kier molecular flexibility index (Phi) is 16.4. The summed E-state index contributed by atoms with van der Waals surface area (Å²) in [5.41, 5.74) is 4.37. The summed E-state index contributed by atoms with van der Waals surface area (Å²) in [6.07, 6.45) is 0.931. The Hall–Kier alpha value is -2.87. The van der Waals surface area contributed by atoms with Crippen molar-refractivity contribution >= 4 is 11.5 Å². The van der Waals surface area contributed by atoms with Crippen LogP contribution < -0.4 is 5.32 Å². The number of nitrogens with one attached hydrogen (secondary N) is 1. The number of carbonyl (C=O) groups excluding carboxylic acids is 1. The number of ketones is 1. The number of para-hydroxylation sites is 1. The van der Waals surface area contributed by atoms with Crippen LogP contribution in [0.15, 0.2) is 84.9 Å². The van der Waals surface area contributed by atoms with E-state index in [9.17, 15) is 4.79 Å². The zero-order chi connectivity index (χ0) is 22.6. The lowest BCUT2D eigenvalue weighted by molar-refractivity contribution is -0.117. The highest BCUT2D eigenvalue weighted by molar-refractivity contribution is 5.84. The van der Waals surface area contributed by atoms with Crippen molar-refractivity contribution in [2.24, 2.45) is 0 Å². The van der Waals surface area contributed by atoms with Crippen LogP contribution in [0.1, 0.15) is 58.2 Å². The lowest BCUT2D eigenvalue weighted by atomic mass is 10.0. The molecule has 0 fully saturated rings. The summed E-state index contributed by atoms with van der Waals surface area (Å²) in [6.45, 7) is 12.8. The Morgan fingerprint density at radius 1 is 0.600 bits per heavy atom. The van der Waals surface area contributed by atoms with Crippen LogP contribution in [0.3, 0.4) is 0 Å². The van der Waals surface area contributed by atoms with E-state index < -0.39 is 0 Å². The maximum absolute atomic E-state index is 12.4. The van der Waals surface area contributed by atoms with Gasteiger partial charge in [0, 0.05) is 25.1 Å². The predicted molar refractivity (Wildman–Crippen MR) is 133 cm³/mol. The topological polar surface area (TPSA) is 29.1 Å². The van der Waals surface area contributed by atoms with Gasteiger partial charge in [0.05, 0.1) is 0 Å². The van der Waals surface area contributed by atoms with Crippen LogP contribution in [-0.2, 0) is 24.2 Å². The third kappa shape index (κ3) is 10.6. The first kappa shape index (κ1) is 27.1. The van der Waals surface area contributed by atoms with Crippen LogP contribution in [0.5, 0.6) is 0 Å². The molecule has 0 aromatic heterocycles. The van der Waals surface area contributed by atoms with E-state index in [0.717, 1.165) is 23.4 Å². The maximum Gasteiger partial charge on any atom is 0.141 e. The first-order chi connectivity index (χ1) is 14.8. The molecule has 0 radical (unpaired) electrons. The Morgan fingerprint density at radius 2 is 1.07 bits per heavy atom. The summed E-state index contributed by atoms with van der Waals surface area (Å²) in [5.74, 6) is 0.232. The van der Waals surface area contributed by atoms with Crippen LogP contribution >= 0.6 is 0 Å². The summed E-state index contributed by atoms with van der Waals surface area (Å²) in [5, 5.41) is 3.45. The molecule has 3 rings (SSSR count). The Bertz CT molecular complexity index is 782. The summed E-state index contributed by atoms with van der Waals surface area (Å²) in [6, 6.07) is 28.2. The van der Waals surface area contributed by atoms with E-state index in [0.29, 0.717) is 12.8 Å². The van der Waals surface area contributed by atoms with Crippen LogP contribution in [0, 0.1) is 0 Å². The minimum atomic E-state index is 0.232. The second-order valence-electron chi connectivity index (χ2n) is 5.87. The van der Waals surface area contributed by atoms with Gasteiger partial charge in [0.2, 0.25) is 0 Å². The molecule has 0 unspecified atom stereocenters. The van der Waals surface area contributed by atoms with Gasteiger partial charge in [0.25, 0.3) is 0 Å². The van der Waals surface area contributed by atoms with Crippen molar-refractivity contribution in [3.05, 3.63) is 102 Å². The van der Waals surface area contributed by atoms with Crippen LogP contribution in [0.4, 0.5) is 5.69 Å². The molecule has 0 saturated carbocycles. The first-order valence-corrected chi connectivity index (χ1v) is 11.2. The molecule has 0 amide bonds. The van der Waals surface area contributed by atoms with Gasteiger partial charge in [0.15, 0.2) is 0 Å². The third-order valence-electron chi connectivity index (χ3n) is 3.97. The molecule has 3 aromatic carbocycles. The first-order valence-electron chi connectivity index (χ1n) is 11.2. The number of anilines is 1. The van der Waals surface area contributed by atoms with E-state index >= 15 is 0 Å². The molecule has 30 heavy (non-hydrogen) atoms. The van der Waals surface area contributed by atoms with Gasteiger partial charge in [0.1, 0.15) is 5.78 Å². The molecule has 0 saturated heterocycles. The summed E-state index contributed by atoms with van der Waals surface area (Å²) >= 11 is 0. The van der Waals surface area contributed by atoms with Gasteiger partial charge >= 0.3 is 0 Å². The Morgan fingerprint density at radius 3 is 1.63 bits per heavy atom. The summed E-state index contributed by atoms with van der Waals surface area (Å²) in [7, 11) is 0. The standard InChI is InChI=1S/C22H21NO.3C2H6/c24-21(15-18-9-3-1-4-10-18)16-20-13-7-8-14-22(20)23-17-19-11-5-2-6-12-19;3*1-2/h1-14,23H,15-17H2;3*1-2H3. The predicted octanol–water partition coefficient (Wildman–Crippen LogP) is 7.73. The SMILES string of the molecule is CC.CC.CC.O=C(Cc1ccccc1)Cc1ccccc1NCc1ccccc1. The fraction of sp³-hybridized carbons (Fsp3) is 0.321. The van der Waals surface area contributed by atoms with Gasteiger partial charge in [-0.3, -0.25) is 4.79 Å². The fourth-order valence-corrected chi connectivity index (χ4v) is 2.74. The molecule has 0 atom stereocenters. The highest BCUT2D eigenvalue weighted by atomic mass is 16.1. The number of hydrogen-bond donors (Lipinski definition) is 1. The number of benzene rings is 3. The maximum atomic E-state index is 12.4. The van der Waals surface area contributed by atoms with Gasteiger partial charge in [-0.1, -0.05) is 120 Å². The number of carbonyl (C=O) groups is 1. The van der Waals surface area contributed by atoms with Crippen molar-refractivity contribution < 1.29 is 4.79 Å². The zero-order valence-electron chi connectivity index (χ0n) is 19.6. The van der Waals surface area contributed by atoms with E-state index in [1.54, 1.807) is 0 Å². The van der Waals surface area contributed by atoms with E-state index in [2.05, 4.69) is 17.4 Å². The minimum absolute atomic E-state index is 0.232. The largest absolute Gasteiger partial charge is 0.381 e. The van der Waals surface area contributed by atoms with Gasteiger partial charge in [-0.05, 0) is 22.8 Å². The highest BCUT2D eigenvalue weighted by Crippen LogP contribution is 2.18. The van der Waals surface area contributed by atoms with Crippen molar-refractivity contribution in [1.29, 1.82) is 0 Å². The number of rotatable bonds is 7. The van der Waals surface area contributed by atoms with Gasteiger partial charge < -0.3 is 5.32 Å². The molecule has 0 aliphatic carbocycles. The third-order valence-corrected chi connectivity index (χ3v) is 3.97. The second kappa shape index (κ2) is 18.2. The average Bonchev–Trinajstić information content (AvgIpc) is 2.84. The molecule has 2 nitrogen and oxygen atoms in total. The Labute approximate surface area is 184 Å². The van der Waals surface area contributed by atoms with Gasteiger partial charge in [-0.25, -0.2) is 0 Å². The average molecular weight is 406 g/mol. The fourth-order valence-electron chi connectivity index (χ4n) is 2.74. The lowest BCUT2D eigenvalue weighted by Crippen LogP contribution is -2.09. The molecular formula is C28H39NO. The van der Waals surface area contributed by atoms with Crippen LogP contribution in [0.2, 0.25) is 0 Å². The van der Waals surface area contributed by atoms with Crippen molar-refractivity contribution in [1.82, 2.24) is 0 Å². The van der Waals surface area contributed by atoms with Crippen molar-refractivity contribution in [3.63, 3.8) is 0 Å². The molecule has 0 aliphatic rings. The lowest BCUT2D eigenvalue weighted by Gasteiger charge is -2.12. The quantitative estimate of drug-likeness (QED) is 0.435. The smallest absolute Gasteiger partial charge is 0.141 e. The summed E-state index contributed by atoms with van der Waals surface area (Å²) < 4.78 is 0. The monoisotopic (exact) mass is 405 g/mol. The zero-order valence-corrected chi connectivity index (χ0v) is 19.6. The normalized spacial score (nSPS) is 8.87. The molecule has 0 bridgehead atoms. The Balaban J connectivity index is 0.00000129. The molecule has 2 heteroatoms. The van der Waals surface area contributed by atoms with E-state index in [1.165, 1.54) is 5.56 Å². The highest BCUT2D eigenvalue weighted by Gasteiger charge is 2.08. The second-order valence-corrected chi connectivity index (χ2v) is 5.87.